The molecule has 0 bridgehead atoms. The minimum Gasteiger partial charge on any atom is -0.465 e. The number of hydrogen-bond acceptors (Lipinski definition) is 5. The Hall–Kier alpha value is -2.14. The fraction of sp³-hybridized carbons (Fsp3) is 0.524. The van der Waals surface area contributed by atoms with Crippen LogP contribution in [0.15, 0.2) is 36.4 Å². The van der Waals surface area contributed by atoms with Gasteiger partial charge in [-0.1, -0.05) is 36.4 Å². The number of esters is 2. The van der Waals surface area contributed by atoms with Gasteiger partial charge >= 0.3 is 11.9 Å². The summed E-state index contributed by atoms with van der Waals surface area (Å²) in [6, 6.07) is 8.25. The standard InChI is InChI=1S/C21H26O5/c1-3-25-20(22)19(21(23)26-4-2)17-11-7-10-16-15-9-6-5-8-14(15)12-24-13-18(16)17/h5-9,11,16-19H,3-4,10,12-13H2,1-2H3/t16-,17+,18+/m0/s1. The maximum atomic E-state index is 12.6. The van der Waals surface area contributed by atoms with Crippen molar-refractivity contribution in [2.75, 3.05) is 19.8 Å². The first kappa shape index (κ1) is 18.6. The van der Waals surface area contributed by atoms with E-state index >= 15 is 0 Å². The van der Waals surface area contributed by atoms with Gasteiger partial charge in [-0.05, 0) is 43.2 Å². The molecule has 1 aliphatic heterocycles. The molecule has 3 atom stereocenters. The van der Waals surface area contributed by atoms with Crippen LogP contribution in [0.25, 0.3) is 0 Å². The zero-order valence-corrected chi connectivity index (χ0v) is 15.4. The van der Waals surface area contributed by atoms with E-state index in [-0.39, 0.29) is 31.0 Å². The zero-order chi connectivity index (χ0) is 18.5. The first-order valence-electron chi connectivity index (χ1n) is 9.32. The molecule has 3 rings (SSSR count). The SMILES string of the molecule is CCOC(=O)C(C(=O)OCC)[C@@H]1C=CC[C@H]2c3ccccc3COC[C@H]21. The molecule has 5 nitrogen and oxygen atoms in total. The van der Waals surface area contributed by atoms with Crippen molar-refractivity contribution in [2.45, 2.75) is 32.8 Å². The molecule has 0 spiro atoms. The van der Waals surface area contributed by atoms with E-state index in [0.717, 1.165) is 6.42 Å². The van der Waals surface area contributed by atoms with Gasteiger partial charge < -0.3 is 14.2 Å². The Balaban J connectivity index is 1.95. The highest BCUT2D eigenvalue weighted by molar-refractivity contribution is 5.95. The number of allylic oxidation sites excluding steroid dienone is 2. The van der Waals surface area contributed by atoms with Gasteiger partial charge in [-0.25, -0.2) is 0 Å². The maximum Gasteiger partial charge on any atom is 0.320 e. The first-order valence-corrected chi connectivity index (χ1v) is 9.32. The summed E-state index contributed by atoms with van der Waals surface area (Å²) < 4.78 is 16.3. The van der Waals surface area contributed by atoms with Crippen LogP contribution in [0.5, 0.6) is 0 Å². The minimum atomic E-state index is -0.951. The predicted molar refractivity (Wildman–Crippen MR) is 96.3 cm³/mol. The van der Waals surface area contributed by atoms with Gasteiger partial charge in [0.1, 0.15) is 0 Å². The van der Waals surface area contributed by atoms with Gasteiger partial charge in [0.15, 0.2) is 5.92 Å². The van der Waals surface area contributed by atoms with Crippen LogP contribution in [0.2, 0.25) is 0 Å². The van der Waals surface area contributed by atoms with E-state index in [4.69, 9.17) is 14.2 Å². The van der Waals surface area contributed by atoms with E-state index in [1.165, 1.54) is 11.1 Å². The van der Waals surface area contributed by atoms with Gasteiger partial charge in [0.25, 0.3) is 0 Å². The number of rotatable bonds is 5. The molecule has 0 saturated carbocycles. The lowest BCUT2D eigenvalue weighted by atomic mass is 9.68. The lowest BCUT2D eigenvalue weighted by Gasteiger charge is -2.36. The first-order chi connectivity index (χ1) is 12.7. The number of ether oxygens (including phenoxy) is 3. The van der Waals surface area contributed by atoms with E-state index in [1.807, 2.05) is 18.2 Å². The summed E-state index contributed by atoms with van der Waals surface area (Å²) in [6.45, 7) is 5.01. The van der Waals surface area contributed by atoms with Crippen LogP contribution in [0.1, 0.15) is 37.3 Å². The van der Waals surface area contributed by atoms with Crippen LogP contribution < -0.4 is 0 Å². The largest absolute Gasteiger partial charge is 0.465 e. The molecule has 0 saturated heterocycles. The van der Waals surface area contributed by atoms with E-state index in [0.29, 0.717) is 13.2 Å². The number of carbonyl (C=O) groups excluding carboxylic acids is 2. The molecule has 26 heavy (non-hydrogen) atoms. The molecular weight excluding hydrogens is 332 g/mol. The lowest BCUT2D eigenvalue weighted by molar-refractivity contribution is -0.165. The third-order valence-corrected chi connectivity index (χ3v) is 5.25. The van der Waals surface area contributed by atoms with Gasteiger partial charge in [-0.3, -0.25) is 9.59 Å². The summed E-state index contributed by atoms with van der Waals surface area (Å²) in [5.41, 5.74) is 2.42. The van der Waals surface area contributed by atoms with Crippen LogP contribution in [0.3, 0.4) is 0 Å². The van der Waals surface area contributed by atoms with Crippen LogP contribution in [0, 0.1) is 17.8 Å². The fourth-order valence-electron chi connectivity index (χ4n) is 4.12. The average Bonchev–Trinajstić information content (AvgIpc) is 2.82. The summed E-state index contributed by atoms with van der Waals surface area (Å²) in [6.07, 6.45) is 4.91. The molecule has 1 aromatic rings. The highest BCUT2D eigenvalue weighted by atomic mass is 16.6. The second kappa shape index (κ2) is 8.49. The van der Waals surface area contributed by atoms with Crippen molar-refractivity contribution < 1.29 is 23.8 Å². The molecule has 140 valence electrons. The third-order valence-electron chi connectivity index (χ3n) is 5.25. The smallest absolute Gasteiger partial charge is 0.320 e. The minimum absolute atomic E-state index is 0.0301. The molecule has 5 heteroatoms. The Morgan fingerprint density at radius 1 is 1.15 bits per heavy atom. The fourth-order valence-corrected chi connectivity index (χ4v) is 4.12. The average molecular weight is 358 g/mol. The molecular formula is C21H26O5. The summed E-state index contributed by atoms with van der Waals surface area (Å²) in [7, 11) is 0. The van der Waals surface area contributed by atoms with Gasteiger partial charge in [-0.2, -0.15) is 0 Å². The molecule has 2 aliphatic rings. The zero-order valence-electron chi connectivity index (χ0n) is 15.4. The van der Waals surface area contributed by atoms with Gasteiger partial charge in [0.05, 0.1) is 26.4 Å². The van der Waals surface area contributed by atoms with Crippen molar-refractivity contribution in [3.8, 4) is 0 Å². The Bertz CT molecular complexity index is 663. The molecule has 0 amide bonds. The number of carbonyl (C=O) groups is 2. The van der Waals surface area contributed by atoms with E-state index in [9.17, 15) is 9.59 Å². The highest BCUT2D eigenvalue weighted by Gasteiger charge is 2.45. The van der Waals surface area contributed by atoms with Gasteiger partial charge in [-0.15, -0.1) is 0 Å². The van der Waals surface area contributed by atoms with Crippen LogP contribution in [-0.2, 0) is 30.4 Å². The molecule has 1 aliphatic carbocycles. The Kier molecular flexibility index (Phi) is 6.09. The number of benzene rings is 1. The van der Waals surface area contributed by atoms with Crippen molar-refractivity contribution >= 4 is 11.9 Å². The van der Waals surface area contributed by atoms with Gasteiger partial charge in [0.2, 0.25) is 0 Å². The topological polar surface area (TPSA) is 61.8 Å². The maximum absolute atomic E-state index is 12.6. The van der Waals surface area contributed by atoms with Crippen molar-refractivity contribution in [1.82, 2.24) is 0 Å². The van der Waals surface area contributed by atoms with E-state index < -0.39 is 17.9 Å². The number of hydrogen-bond donors (Lipinski definition) is 0. The Morgan fingerprint density at radius 3 is 2.54 bits per heavy atom. The Labute approximate surface area is 154 Å². The van der Waals surface area contributed by atoms with E-state index in [1.54, 1.807) is 13.8 Å². The van der Waals surface area contributed by atoms with Crippen LogP contribution >= 0.6 is 0 Å². The molecule has 0 fully saturated rings. The number of fused-ring (bicyclic) bond motifs is 3. The quantitative estimate of drug-likeness (QED) is 0.459. The molecule has 0 N–H and O–H groups in total. The van der Waals surface area contributed by atoms with Crippen molar-refractivity contribution in [3.63, 3.8) is 0 Å². The Morgan fingerprint density at radius 2 is 1.85 bits per heavy atom. The molecule has 1 heterocycles. The second-order valence-corrected chi connectivity index (χ2v) is 6.71. The predicted octanol–water partition coefficient (Wildman–Crippen LogP) is 3.24. The summed E-state index contributed by atoms with van der Waals surface area (Å²) in [5.74, 6) is -2.03. The summed E-state index contributed by atoms with van der Waals surface area (Å²) in [5, 5.41) is 0. The van der Waals surface area contributed by atoms with Crippen LogP contribution in [-0.4, -0.2) is 31.8 Å². The van der Waals surface area contributed by atoms with Crippen molar-refractivity contribution in [1.29, 1.82) is 0 Å². The molecule has 1 aromatic carbocycles. The van der Waals surface area contributed by atoms with Crippen molar-refractivity contribution in [3.05, 3.63) is 47.5 Å². The lowest BCUT2D eigenvalue weighted by Crippen LogP contribution is -2.41. The summed E-state index contributed by atoms with van der Waals surface area (Å²) >= 11 is 0. The van der Waals surface area contributed by atoms with Gasteiger partial charge in [0, 0.05) is 5.92 Å². The molecule has 0 unspecified atom stereocenters. The van der Waals surface area contributed by atoms with Crippen LogP contribution in [0.4, 0.5) is 0 Å². The summed E-state index contributed by atoms with van der Waals surface area (Å²) in [4.78, 5) is 25.1. The molecule has 0 radical (unpaired) electrons. The van der Waals surface area contributed by atoms with E-state index in [2.05, 4.69) is 18.2 Å². The molecule has 0 aromatic heterocycles. The second-order valence-electron chi connectivity index (χ2n) is 6.71. The highest BCUT2D eigenvalue weighted by Crippen LogP contribution is 2.44. The van der Waals surface area contributed by atoms with Crippen molar-refractivity contribution in [2.24, 2.45) is 17.8 Å². The normalized spacial score (nSPS) is 24.3. The third kappa shape index (κ3) is 3.68. The monoisotopic (exact) mass is 358 g/mol.